The fourth-order valence-electron chi connectivity index (χ4n) is 1.12. The molecule has 0 rings (SSSR count). The van der Waals surface area contributed by atoms with Crippen LogP contribution in [0.3, 0.4) is 0 Å². The minimum Gasteiger partial charge on any atom is -0.481 e. The minimum absolute atomic E-state index is 0.676. The molecule has 0 aliphatic rings. The van der Waals surface area contributed by atoms with Gasteiger partial charge < -0.3 is 25.6 Å². The Bertz CT molecular complexity index is 400. The maximum atomic E-state index is 11.6. The molecule has 9 nitrogen and oxygen atoms in total. The van der Waals surface area contributed by atoms with Crippen LogP contribution in [0.1, 0.15) is 27.2 Å². The van der Waals surface area contributed by atoms with E-state index in [2.05, 4.69) is 5.32 Å². The van der Waals surface area contributed by atoms with E-state index in [1.165, 1.54) is 0 Å². The Hall–Kier alpha value is -2.32. The van der Waals surface area contributed by atoms with Gasteiger partial charge in [-0.3, -0.25) is 14.4 Å². The van der Waals surface area contributed by atoms with Crippen LogP contribution in [0.25, 0.3) is 0 Å². The molecule has 0 aromatic rings. The predicted molar refractivity (Wildman–Crippen MR) is 66.1 cm³/mol. The van der Waals surface area contributed by atoms with E-state index in [-0.39, 0.29) is 0 Å². The maximum Gasteiger partial charge on any atom is 0.408 e. The van der Waals surface area contributed by atoms with Crippen molar-refractivity contribution in [3.63, 3.8) is 0 Å². The van der Waals surface area contributed by atoms with E-state index in [0.29, 0.717) is 0 Å². The number of hydrogen-bond acceptors (Lipinski definition) is 5. The molecule has 0 aliphatic heterocycles. The van der Waals surface area contributed by atoms with Gasteiger partial charge >= 0.3 is 18.0 Å². The van der Waals surface area contributed by atoms with Crippen molar-refractivity contribution in [2.75, 3.05) is 6.54 Å². The standard InChI is InChI=1S/C11H18N2O7/c1-11(2,3)20-10(19)13-6(4-7(14)15)9(18)12-5-8(16)17/h6H,4-5H2,1-3H3,(H,12,18)(H,13,19)(H,14,15)(H,16,17). The molecule has 0 aromatic heterocycles. The maximum absolute atomic E-state index is 11.6. The van der Waals surface area contributed by atoms with Crippen molar-refractivity contribution < 1.29 is 34.1 Å². The molecule has 9 heteroatoms. The van der Waals surface area contributed by atoms with E-state index in [4.69, 9.17) is 14.9 Å². The number of carbonyl (C=O) groups is 4. The fourth-order valence-corrected chi connectivity index (χ4v) is 1.12. The summed E-state index contributed by atoms with van der Waals surface area (Å²) < 4.78 is 4.89. The van der Waals surface area contributed by atoms with Crippen LogP contribution in [-0.2, 0) is 19.1 Å². The van der Waals surface area contributed by atoms with Crippen LogP contribution < -0.4 is 10.6 Å². The molecule has 1 unspecified atom stereocenters. The summed E-state index contributed by atoms with van der Waals surface area (Å²) in [6.07, 6.45) is -1.65. The third-order valence-electron chi connectivity index (χ3n) is 1.80. The summed E-state index contributed by atoms with van der Waals surface area (Å²) in [5.74, 6) is -3.53. The molecule has 0 spiro atoms. The van der Waals surface area contributed by atoms with E-state index < -0.39 is 48.5 Å². The summed E-state index contributed by atoms with van der Waals surface area (Å²) >= 11 is 0. The average Bonchev–Trinajstić information content (AvgIpc) is 2.21. The number of rotatable bonds is 6. The molecule has 4 N–H and O–H groups in total. The second-order valence-corrected chi connectivity index (χ2v) is 4.91. The van der Waals surface area contributed by atoms with Gasteiger partial charge in [-0.05, 0) is 20.8 Å². The first-order valence-electron chi connectivity index (χ1n) is 5.72. The summed E-state index contributed by atoms with van der Waals surface area (Å²) in [6.45, 7) is 4.13. The monoisotopic (exact) mass is 290 g/mol. The molecule has 0 aromatic carbocycles. The second-order valence-electron chi connectivity index (χ2n) is 4.91. The van der Waals surface area contributed by atoms with Gasteiger partial charge in [0.05, 0.1) is 6.42 Å². The lowest BCUT2D eigenvalue weighted by atomic mass is 10.2. The summed E-state index contributed by atoms with van der Waals surface area (Å²) in [6, 6.07) is -1.42. The van der Waals surface area contributed by atoms with Gasteiger partial charge in [0.2, 0.25) is 5.91 Å². The number of ether oxygens (including phenoxy) is 1. The summed E-state index contributed by atoms with van der Waals surface area (Å²) in [5, 5.41) is 21.2. The average molecular weight is 290 g/mol. The van der Waals surface area contributed by atoms with Gasteiger partial charge in [-0.2, -0.15) is 0 Å². The van der Waals surface area contributed by atoms with E-state index in [1.807, 2.05) is 5.32 Å². The van der Waals surface area contributed by atoms with Crippen molar-refractivity contribution in [3.05, 3.63) is 0 Å². The minimum atomic E-state index is -1.42. The zero-order valence-corrected chi connectivity index (χ0v) is 11.4. The van der Waals surface area contributed by atoms with Gasteiger partial charge in [-0.15, -0.1) is 0 Å². The highest BCUT2D eigenvalue weighted by Crippen LogP contribution is 2.07. The highest BCUT2D eigenvalue weighted by atomic mass is 16.6. The largest absolute Gasteiger partial charge is 0.481 e. The van der Waals surface area contributed by atoms with Gasteiger partial charge in [0, 0.05) is 0 Å². The number of alkyl carbamates (subject to hydrolysis) is 1. The number of amides is 2. The van der Waals surface area contributed by atoms with Crippen LogP contribution in [0.4, 0.5) is 4.79 Å². The van der Waals surface area contributed by atoms with Crippen molar-refractivity contribution in [3.8, 4) is 0 Å². The Morgan fingerprint density at radius 2 is 1.65 bits per heavy atom. The van der Waals surface area contributed by atoms with Gasteiger partial charge in [0.15, 0.2) is 0 Å². The van der Waals surface area contributed by atoms with Crippen LogP contribution >= 0.6 is 0 Å². The summed E-state index contributed by atoms with van der Waals surface area (Å²) in [7, 11) is 0. The Labute approximate surface area is 115 Å². The third-order valence-corrected chi connectivity index (χ3v) is 1.80. The molecule has 2 amide bonds. The zero-order chi connectivity index (χ0) is 15.9. The SMILES string of the molecule is CC(C)(C)OC(=O)NC(CC(=O)O)C(=O)NCC(=O)O. The molecule has 114 valence electrons. The van der Waals surface area contributed by atoms with Crippen LogP contribution in [0.2, 0.25) is 0 Å². The third kappa shape index (κ3) is 8.72. The lowest BCUT2D eigenvalue weighted by molar-refractivity contribution is -0.140. The number of carbonyl (C=O) groups excluding carboxylic acids is 2. The van der Waals surface area contributed by atoms with E-state index in [9.17, 15) is 19.2 Å². The Morgan fingerprint density at radius 3 is 2.05 bits per heavy atom. The number of aliphatic carboxylic acids is 2. The summed E-state index contributed by atoms with van der Waals surface area (Å²) in [5.41, 5.74) is -0.810. The molecule has 0 fully saturated rings. The second kappa shape index (κ2) is 7.31. The fraction of sp³-hybridized carbons (Fsp3) is 0.636. The van der Waals surface area contributed by atoms with Gasteiger partial charge in [-0.1, -0.05) is 0 Å². The Balaban J connectivity index is 4.63. The van der Waals surface area contributed by atoms with Gasteiger partial charge in [-0.25, -0.2) is 4.79 Å². The molecule has 0 radical (unpaired) electrons. The molecule has 0 heterocycles. The topological polar surface area (TPSA) is 142 Å². The highest BCUT2D eigenvalue weighted by Gasteiger charge is 2.26. The lowest BCUT2D eigenvalue weighted by Crippen LogP contribution is -2.50. The zero-order valence-electron chi connectivity index (χ0n) is 11.4. The molecular weight excluding hydrogens is 272 g/mol. The van der Waals surface area contributed by atoms with E-state index in [0.717, 1.165) is 0 Å². The number of carboxylic acid groups (broad SMARTS) is 2. The molecular formula is C11H18N2O7. The van der Waals surface area contributed by atoms with Crippen LogP contribution in [0.15, 0.2) is 0 Å². The van der Waals surface area contributed by atoms with Crippen molar-refractivity contribution in [1.82, 2.24) is 10.6 Å². The number of nitrogens with one attached hydrogen (secondary N) is 2. The lowest BCUT2D eigenvalue weighted by Gasteiger charge is -2.22. The van der Waals surface area contributed by atoms with Crippen molar-refractivity contribution in [1.29, 1.82) is 0 Å². The van der Waals surface area contributed by atoms with Crippen LogP contribution in [0.5, 0.6) is 0 Å². The molecule has 0 saturated heterocycles. The predicted octanol–water partition coefficient (Wildman–Crippen LogP) is -0.445. The number of hydrogen-bond donors (Lipinski definition) is 4. The molecule has 0 bridgehead atoms. The van der Waals surface area contributed by atoms with Crippen LogP contribution in [0, 0.1) is 0 Å². The normalized spacial score (nSPS) is 12.2. The Morgan fingerprint density at radius 1 is 1.10 bits per heavy atom. The smallest absolute Gasteiger partial charge is 0.408 e. The van der Waals surface area contributed by atoms with E-state index >= 15 is 0 Å². The first kappa shape index (κ1) is 17.7. The quantitative estimate of drug-likeness (QED) is 0.519. The summed E-state index contributed by atoms with van der Waals surface area (Å²) in [4.78, 5) is 44.0. The number of carboxylic acids is 2. The first-order valence-corrected chi connectivity index (χ1v) is 5.72. The Kier molecular flexibility index (Phi) is 6.47. The molecule has 1 atom stereocenters. The van der Waals surface area contributed by atoms with Crippen molar-refractivity contribution >= 4 is 23.9 Å². The molecule has 20 heavy (non-hydrogen) atoms. The first-order chi connectivity index (χ1) is 9.01. The van der Waals surface area contributed by atoms with Crippen LogP contribution in [-0.4, -0.2) is 52.3 Å². The van der Waals surface area contributed by atoms with Gasteiger partial charge in [0.25, 0.3) is 0 Å². The van der Waals surface area contributed by atoms with Gasteiger partial charge in [0.1, 0.15) is 18.2 Å². The molecule has 0 aliphatic carbocycles. The highest BCUT2D eigenvalue weighted by molar-refractivity contribution is 5.90. The molecule has 0 saturated carbocycles. The van der Waals surface area contributed by atoms with Crippen molar-refractivity contribution in [2.45, 2.75) is 38.8 Å². The van der Waals surface area contributed by atoms with E-state index in [1.54, 1.807) is 20.8 Å². The van der Waals surface area contributed by atoms with Crippen molar-refractivity contribution in [2.24, 2.45) is 0 Å².